The van der Waals surface area contributed by atoms with E-state index >= 15 is 0 Å². The summed E-state index contributed by atoms with van der Waals surface area (Å²) in [5.41, 5.74) is 3.17. The monoisotopic (exact) mass is 473 g/mol. The molecule has 0 aromatic heterocycles. The fraction of sp³-hybridized carbons (Fsp3) is 0.522. The van der Waals surface area contributed by atoms with Gasteiger partial charge in [-0.15, -0.1) is 0 Å². The first-order valence-corrected chi connectivity index (χ1v) is 10.8. The average molecular weight is 473 g/mol. The lowest BCUT2D eigenvalue weighted by Crippen LogP contribution is -2.77. The van der Waals surface area contributed by atoms with Crippen molar-refractivity contribution >= 4 is 34.7 Å². The number of phenolic OH excluding ortho intramolecular Hbond substituents is 1. The van der Waals surface area contributed by atoms with Gasteiger partial charge in [0.05, 0.1) is 29.5 Å². The molecule has 0 bridgehead atoms. The summed E-state index contributed by atoms with van der Waals surface area (Å²) in [5.74, 6) is -12.5. The topological polar surface area (TPSA) is 179 Å². The molecule has 7 atom stereocenters. The number of ketones is 4. The van der Waals surface area contributed by atoms with Gasteiger partial charge in [-0.2, -0.15) is 0 Å². The zero-order valence-corrected chi connectivity index (χ0v) is 19.2. The van der Waals surface area contributed by atoms with Crippen LogP contribution >= 0.6 is 0 Å². The maximum absolute atomic E-state index is 13.7. The van der Waals surface area contributed by atoms with E-state index in [-0.39, 0.29) is 17.7 Å². The number of rotatable bonds is 3. The Bertz CT molecular complexity index is 1150. The molecule has 0 spiro atoms. The molecule has 0 saturated heterocycles. The van der Waals surface area contributed by atoms with Crippen molar-refractivity contribution in [2.24, 2.45) is 29.4 Å². The summed E-state index contributed by atoms with van der Waals surface area (Å²) in [7, 11) is 6.36. The second-order valence-electron chi connectivity index (χ2n) is 9.72. The van der Waals surface area contributed by atoms with Crippen molar-refractivity contribution in [1.82, 2.24) is 4.90 Å². The minimum Gasteiger partial charge on any atom is -0.507 e. The predicted octanol–water partition coefficient (Wildman–Crippen LogP) is -2.10. The zero-order valence-electron chi connectivity index (χ0n) is 19.2. The Kier molecular flexibility index (Phi) is 5.42. The van der Waals surface area contributed by atoms with E-state index in [2.05, 4.69) is 0 Å². The number of phenols is 1. The van der Waals surface area contributed by atoms with E-state index in [0.717, 1.165) is 0 Å². The number of aliphatic hydroxyl groups is 2. The van der Waals surface area contributed by atoms with Crippen molar-refractivity contribution in [2.45, 2.75) is 24.2 Å². The number of amides is 1. The molecule has 1 aromatic rings. The molecule has 11 nitrogen and oxygen atoms in total. The maximum Gasteiger partial charge on any atom is 0.235 e. The van der Waals surface area contributed by atoms with Crippen LogP contribution in [-0.4, -0.2) is 95.2 Å². The minimum absolute atomic E-state index is 0.0189. The Labute approximate surface area is 195 Å². The highest BCUT2D eigenvalue weighted by atomic mass is 16.3. The van der Waals surface area contributed by atoms with Crippen LogP contribution < -0.4 is 10.6 Å². The molecule has 182 valence electrons. The van der Waals surface area contributed by atoms with Gasteiger partial charge in [-0.1, -0.05) is 0 Å². The van der Waals surface area contributed by atoms with Gasteiger partial charge in [-0.25, -0.2) is 0 Å². The zero-order chi connectivity index (χ0) is 25.4. The number of carbonyl (C=O) groups is 5. The third-order valence-electron chi connectivity index (χ3n) is 7.49. The summed E-state index contributed by atoms with van der Waals surface area (Å²) in [5, 5.41) is 33.4. The third-order valence-corrected chi connectivity index (χ3v) is 7.49. The highest BCUT2D eigenvalue weighted by Crippen LogP contribution is 2.51. The molecule has 0 radical (unpaired) electrons. The Morgan fingerprint density at radius 1 is 1.09 bits per heavy atom. The number of nitrogens with zero attached hydrogens (tertiary/aromatic N) is 2. The number of carbonyl (C=O) groups excluding carboxylic acids is 5. The van der Waals surface area contributed by atoms with Crippen molar-refractivity contribution in [3.63, 3.8) is 0 Å². The predicted molar refractivity (Wildman–Crippen MR) is 117 cm³/mol. The molecule has 5 unspecified atom stereocenters. The number of aromatic hydroxyl groups is 1. The number of anilines is 1. The summed E-state index contributed by atoms with van der Waals surface area (Å²) < 4.78 is 0. The lowest BCUT2D eigenvalue weighted by Gasteiger charge is -2.54. The molecule has 3 aliphatic rings. The van der Waals surface area contributed by atoms with Gasteiger partial charge in [0.1, 0.15) is 5.75 Å². The highest BCUT2D eigenvalue weighted by molar-refractivity contribution is 6.32. The molecule has 3 aliphatic carbocycles. The Hall–Kier alpha value is -3.15. The van der Waals surface area contributed by atoms with E-state index in [1.165, 1.54) is 25.1 Å². The summed E-state index contributed by atoms with van der Waals surface area (Å²) in [4.78, 5) is 68.5. The van der Waals surface area contributed by atoms with Gasteiger partial charge >= 0.3 is 0 Å². The molecular formula is C23H27N3O8. The first-order chi connectivity index (χ1) is 15.8. The van der Waals surface area contributed by atoms with Gasteiger partial charge in [0.25, 0.3) is 0 Å². The number of hydrogen-bond acceptors (Lipinski definition) is 10. The van der Waals surface area contributed by atoms with Crippen LogP contribution in [0, 0.1) is 23.7 Å². The largest absolute Gasteiger partial charge is 0.507 e. The van der Waals surface area contributed by atoms with Crippen LogP contribution in [0.25, 0.3) is 0 Å². The van der Waals surface area contributed by atoms with Crippen molar-refractivity contribution in [2.75, 3.05) is 33.1 Å². The van der Waals surface area contributed by atoms with Gasteiger partial charge in [0, 0.05) is 25.7 Å². The van der Waals surface area contributed by atoms with Crippen LogP contribution in [0.15, 0.2) is 12.1 Å². The summed E-state index contributed by atoms with van der Waals surface area (Å²) in [6.45, 7) is 0. The molecule has 11 heteroatoms. The van der Waals surface area contributed by atoms with Crippen molar-refractivity contribution in [3.05, 3.63) is 23.3 Å². The molecule has 1 amide bonds. The van der Waals surface area contributed by atoms with E-state index in [9.17, 15) is 39.3 Å². The molecule has 34 heavy (non-hydrogen) atoms. The SMILES string of the molecule is CN(C)c1ccc(O)c2c1CC1C(C2=O)C(=O)[C@]2(O)C(=O)C(C(N)=O)C(=O)[C@@H](N(C)C)C2C1O. The van der Waals surface area contributed by atoms with E-state index in [1.54, 1.807) is 25.1 Å². The fourth-order valence-corrected chi connectivity index (χ4v) is 6.02. The number of hydrogen-bond donors (Lipinski definition) is 4. The average Bonchev–Trinajstić information content (AvgIpc) is 2.73. The number of benzene rings is 1. The summed E-state index contributed by atoms with van der Waals surface area (Å²) in [6, 6.07) is 1.53. The molecule has 2 fully saturated rings. The first-order valence-electron chi connectivity index (χ1n) is 10.8. The second-order valence-corrected chi connectivity index (χ2v) is 9.72. The normalized spacial score (nSPS) is 35.0. The highest BCUT2D eigenvalue weighted by Gasteiger charge is 2.72. The van der Waals surface area contributed by atoms with Crippen LogP contribution in [0.3, 0.4) is 0 Å². The third kappa shape index (κ3) is 2.90. The standard InChI is InChI=1S/C23H27N3O8/c1-25(2)10-5-6-11(27)12-8(10)7-9-13(18(12)29)20(31)23(34)15(17(9)28)16(26(3)4)19(30)14(21(23)32)22(24)33/h5-6,9,13-17,27-28,34H,7H2,1-4H3,(H2,24,33)/t9?,13?,14?,15?,16-,17?,23-/m0/s1. The van der Waals surface area contributed by atoms with Crippen LogP contribution in [0.4, 0.5) is 5.69 Å². The smallest absolute Gasteiger partial charge is 0.235 e. The van der Waals surface area contributed by atoms with Gasteiger partial charge in [-0.3, -0.25) is 28.9 Å². The van der Waals surface area contributed by atoms with Crippen molar-refractivity contribution < 1.29 is 39.3 Å². The summed E-state index contributed by atoms with van der Waals surface area (Å²) >= 11 is 0. The molecule has 5 N–H and O–H groups in total. The molecule has 0 aliphatic heterocycles. The Morgan fingerprint density at radius 2 is 1.71 bits per heavy atom. The number of fused-ring (bicyclic) bond motifs is 3. The van der Waals surface area contributed by atoms with Crippen molar-refractivity contribution in [1.29, 1.82) is 0 Å². The second kappa shape index (κ2) is 7.69. The minimum atomic E-state index is -2.98. The number of likely N-dealkylation sites (N-methyl/N-ethyl adjacent to an activating group) is 1. The van der Waals surface area contributed by atoms with Gasteiger partial charge in [0.2, 0.25) is 5.91 Å². The van der Waals surface area contributed by atoms with Crippen molar-refractivity contribution in [3.8, 4) is 5.75 Å². The lowest BCUT2D eigenvalue weighted by atomic mass is 9.51. The van der Waals surface area contributed by atoms with Crippen LogP contribution in [0.1, 0.15) is 15.9 Å². The van der Waals surface area contributed by atoms with E-state index in [1.807, 2.05) is 0 Å². The van der Waals surface area contributed by atoms with Gasteiger partial charge < -0.3 is 26.0 Å². The maximum atomic E-state index is 13.7. The van der Waals surface area contributed by atoms with Crippen LogP contribution in [-0.2, 0) is 25.6 Å². The number of aliphatic hydroxyl groups excluding tert-OH is 1. The molecule has 0 heterocycles. The van der Waals surface area contributed by atoms with E-state index in [4.69, 9.17) is 5.73 Å². The van der Waals surface area contributed by atoms with Crippen LogP contribution in [0.2, 0.25) is 0 Å². The molecular weight excluding hydrogens is 446 g/mol. The van der Waals surface area contributed by atoms with Gasteiger partial charge in [0.15, 0.2) is 34.7 Å². The van der Waals surface area contributed by atoms with Crippen LogP contribution in [0.5, 0.6) is 5.75 Å². The van der Waals surface area contributed by atoms with E-state index < -0.39 is 70.5 Å². The van der Waals surface area contributed by atoms with Gasteiger partial charge in [-0.05, 0) is 38.2 Å². The number of primary amides is 1. The van der Waals surface area contributed by atoms with E-state index in [0.29, 0.717) is 11.3 Å². The quantitative estimate of drug-likeness (QED) is 0.356. The Morgan fingerprint density at radius 3 is 2.24 bits per heavy atom. The summed E-state index contributed by atoms with van der Waals surface area (Å²) in [6.07, 6.45) is -1.65. The number of Topliss-reactive ketones (excluding diaryl/α,β-unsaturated/α-hetero) is 4. The lowest BCUT2D eigenvalue weighted by molar-refractivity contribution is -0.195. The first kappa shape index (κ1) is 24.0. The molecule has 1 aromatic carbocycles. The molecule has 2 saturated carbocycles. The Balaban J connectivity index is 1.94. The molecule has 4 rings (SSSR count). The fourth-order valence-electron chi connectivity index (χ4n) is 6.02. The number of nitrogens with two attached hydrogens (primary N) is 1.